The largest absolute Gasteiger partial charge is 0.511 e. The molecule has 1 aliphatic heterocycles. The number of Topliss-reactive ketones (excluding diaryl/α,β-unsaturated/α-hetero) is 1. The molecule has 196 valence electrons. The van der Waals surface area contributed by atoms with Gasteiger partial charge in [-0.2, -0.15) is 0 Å². The first-order valence-corrected chi connectivity index (χ1v) is 13.2. The van der Waals surface area contributed by atoms with Crippen LogP contribution in [-0.2, 0) is 9.59 Å². The number of amides is 1. The molecule has 1 amide bonds. The molecule has 2 N–H and O–H groups in total. The number of aliphatic hydroxyl groups is 1. The van der Waals surface area contributed by atoms with Crippen LogP contribution in [0, 0.1) is 13.8 Å². The number of nitrogens with one attached hydrogen (secondary N) is 1. The molecule has 1 atom stereocenters. The number of anilines is 1. The SMILES string of the molecule is Cc1ccc(C2CC(=O)C(C=NCCN3CCN(CC(=O)Nc4cccc(Cl)c4C)CC3)=C(O)C2)cc1. The number of carbonyl (C=O) groups excluding carboxylic acids is 2. The van der Waals surface area contributed by atoms with Gasteiger partial charge in [0.15, 0.2) is 5.78 Å². The number of aliphatic hydroxyl groups excluding tert-OH is 1. The highest BCUT2D eigenvalue weighted by Crippen LogP contribution is 2.33. The van der Waals surface area contributed by atoms with E-state index >= 15 is 0 Å². The molecule has 1 saturated heterocycles. The highest BCUT2D eigenvalue weighted by Gasteiger charge is 2.27. The summed E-state index contributed by atoms with van der Waals surface area (Å²) in [6.07, 6.45) is 2.39. The van der Waals surface area contributed by atoms with Crippen LogP contribution < -0.4 is 5.32 Å². The molecular weight excluding hydrogens is 488 g/mol. The van der Waals surface area contributed by atoms with Crippen molar-refractivity contribution in [3.05, 3.63) is 75.5 Å². The molecule has 2 aromatic rings. The second-order valence-electron chi connectivity index (χ2n) is 9.91. The molecule has 37 heavy (non-hydrogen) atoms. The number of aliphatic imine (C=N–C) groups is 1. The van der Waals surface area contributed by atoms with Crippen LogP contribution in [0.3, 0.4) is 0 Å². The summed E-state index contributed by atoms with van der Waals surface area (Å²) in [5.74, 6) is 0.0415. The molecule has 0 saturated carbocycles. The molecular formula is C29H35ClN4O3. The fourth-order valence-electron chi connectivity index (χ4n) is 4.79. The van der Waals surface area contributed by atoms with Crippen molar-refractivity contribution in [2.75, 3.05) is 51.1 Å². The molecule has 7 nitrogen and oxygen atoms in total. The highest BCUT2D eigenvalue weighted by molar-refractivity contribution is 6.31. The number of nitrogens with zero attached hydrogens (tertiary/aromatic N) is 3. The smallest absolute Gasteiger partial charge is 0.238 e. The monoisotopic (exact) mass is 522 g/mol. The van der Waals surface area contributed by atoms with Crippen LogP contribution in [0.1, 0.15) is 35.4 Å². The Bertz CT molecular complexity index is 1180. The number of hydrogen-bond acceptors (Lipinski definition) is 6. The van der Waals surface area contributed by atoms with Gasteiger partial charge in [-0.25, -0.2) is 0 Å². The zero-order valence-electron chi connectivity index (χ0n) is 21.5. The lowest BCUT2D eigenvalue weighted by Gasteiger charge is -2.34. The minimum Gasteiger partial charge on any atom is -0.511 e. The predicted molar refractivity (Wildman–Crippen MR) is 149 cm³/mol. The number of halogens is 1. The Morgan fingerprint density at radius 3 is 2.49 bits per heavy atom. The first-order valence-electron chi connectivity index (χ1n) is 12.8. The average Bonchev–Trinajstić information content (AvgIpc) is 2.87. The Balaban J connectivity index is 1.19. The summed E-state index contributed by atoms with van der Waals surface area (Å²) in [6, 6.07) is 13.6. The van der Waals surface area contributed by atoms with E-state index in [1.165, 1.54) is 5.56 Å². The molecule has 2 aromatic carbocycles. The summed E-state index contributed by atoms with van der Waals surface area (Å²) in [4.78, 5) is 34.0. The molecule has 0 bridgehead atoms. The lowest BCUT2D eigenvalue weighted by Crippen LogP contribution is -2.49. The van der Waals surface area contributed by atoms with Gasteiger partial charge in [0.2, 0.25) is 5.91 Å². The van der Waals surface area contributed by atoms with E-state index in [0.29, 0.717) is 36.5 Å². The van der Waals surface area contributed by atoms with Crippen molar-refractivity contribution in [1.29, 1.82) is 0 Å². The van der Waals surface area contributed by atoms with Crippen molar-refractivity contribution in [2.45, 2.75) is 32.6 Å². The normalized spacial score (nSPS) is 19.5. The standard InChI is InChI=1S/C29H35ClN4O3/c1-20-6-8-22(9-7-20)23-16-27(35)24(28(36)17-23)18-31-10-11-33-12-14-34(15-13-33)19-29(37)32-26-5-3-4-25(30)21(26)2/h3-9,18,23,35H,10-17,19H2,1-2H3,(H,32,37). The van der Waals surface area contributed by atoms with Crippen molar-refractivity contribution in [3.8, 4) is 0 Å². The molecule has 1 aliphatic carbocycles. The highest BCUT2D eigenvalue weighted by atomic mass is 35.5. The van der Waals surface area contributed by atoms with Crippen molar-refractivity contribution in [1.82, 2.24) is 9.80 Å². The fourth-order valence-corrected chi connectivity index (χ4v) is 4.97. The molecule has 8 heteroatoms. The summed E-state index contributed by atoms with van der Waals surface area (Å²) < 4.78 is 0. The second kappa shape index (κ2) is 12.5. The molecule has 0 radical (unpaired) electrons. The number of piperazine rings is 1. The van der Waals surface area contributed by atoms with Gasteiger partial charge in [0, 0.05) is 62.5 Å². The van der Waals surface area contributed by atoms with Crippen molar-refractivity contribution < 1.29 is 14.7 Å². The number of hydrogen-bond donors (Lipinski definition) is 2. The van der Waals surface area contributed by atoms with Gasteiger partial charge in [-0.3, -0.25) is 24.4 Å². The number of carbonyl (C=O) groups is 2. The van der Waals surface area contributed by atoms with E-state index in [4.69, 9.17) is 11.6 Å². The van der Waals surface area contributed by atoms with Gasteiger partial charge in [-0.05, 0) is 43.0 Å². The van der Waals surface area contributed by atoms with Crippen LogP contribution in [0.4, 0.5) is 5.69 Å². The van der Waals surface area contributed by atoms with Gasteiger partial charge >= 0.3 is 0 Å². The average molecular weight is 523 g/mol. The Morgan fingerprint density at radius 1 is 1.08 bits per heavy atom. The first kappa shape index (κ1) is 27.0. The lowest BCUT2D eigenvalue weighted by atomic mass is 9.83. The summed E-state index contributed by atoms with van der Waals surface area (Å²) >= 11 is 6.14. The van der Waals surface area contributed by atoms with E-state index in [0.717, 1.165) is 49.5 Å². The number of rotatable bonds is 8. The minimum absolute atomic E-state index is 0.0122. The van der Waals surface area contributed by atoms with Crippen molar-refractivity contribution in [3.63, 3.8) is 0 Å². The maximum atomic E-state index is 12.7. The van der Waals surface area contributed by atoms with E-state index < -0.39 is 0 Å². The third kappa shape index (κ3) is 7.28. The predicted octanol–water partition coefficient (Wildman–Crippen LogP) is 4.54. The molecule has 1 fully saturated rings. The first-order chi connectivity index (χ1) is 17.8. The van der Waals surface area contributed by atoms with Crippen LogP contribution in [0.25, 0.3) is 0 Å². The quantitative estimate of drug-likeness (QED) is 0.497. The van der Waals surface area contributed by atoms with Crippen LogP contribution >= 0.6 is 11.6 Å². The van der Waals surface area contributed by atoms with Crippen LogP contribution in [-0.4, -0.2) is 78.6 Å². The van der Waals surface area contributed by atoms with Crippen LogP contribution in [0.2, 0.25) is 5.02 Å². The zero-order valence-corrected chi connectivity index (χ0v) is 22.3. The molecule has 4 rings (SSSR count). The summed E-state index contributed by atoms with van der Waals surface area (Å²) in [5.41, 5.74) is 4.21. The molecule has 1 unspecified atom stereocenters. The molecule has 1 heterocycles. The Morgan fingerprint density at radius 2 is 1.78 bits per heavy atom. The van der Waals surface area contributed by atoms with Gasteiger partial charge in [0.25, 0.3) is 0 Å². The number of benzene rings is 2. The Labute approximate surface area is 223 Å². The Kier molecular flexibility index (Phi) is 9.14. The second-order valence-corrected chi connectivity index (χ2v) is 10.3. The lowest BCUT2D eigenvalue weighted by molar-refractivity contribution is -0.118. The molecule has 0 spiro atoms. The zero-order chi connectivity index (χ0) is 26.4. The summed E-state index contributed by atoms with van der Waals surface area (Å²) in [5, 5.41) is 14.1. The maximum absolute atomic E-state index is 12.7. The molecule has 2 aliphatic rings. The van der Waals surface area contributed by atoms with Gasteiger partial charge in [-0.15, -0.1) is 0 Å². The number of allylic oxidation sites excluding steroid dienone is 2. The van der Waals surface area contributed by atoms with Gasteiger partial charge in [0.05, 0.1) is 18.7 Å². The van der Waals surface area contributed by atoms with Crippen LogP contribution in [0.5, 0.6) is 0 Å². The summed E-state index contributed by atoms with van der Waals surface area (Å²) in [7, 11) is 0. The van der Waals surface area contributed by atoms with E-state index in [9.17, 15) is 14.7 Å². The van der Waals surface area contributed by atoms with Gasteiger partial charge in [-0.1, -0.05) is 47.5 Å². The number of ketones is 1. The minimum atomic E-state index is -0.0575. The van der Waals surface area contributed by atoms with E-state index in [1.54, 1.807) is 6.21 Å². The third-order valence-corrected chi connectivity index (χ3v) is 7.58. The maximum Gasteiger partial charge on any atom is 0.238 e. The van der Waals surface area contributed by atoms with Crippen molar-refractivity contribution in [2.24, 2.45) is 4.99 Å². The van der Waals surface area contributed by atoms with Gasteiger partial charge in [0.1, 0.15) is 5.76 Å². The summed E-state index contributed by atoms with van der Waals surface area (Å²) in [6.45, 7) is 8.90. The van der Waals surface area contributed by atoms with E-state index in [1.807, 2.05) is 56.3 Å². The van der Waals surface area contributed by atoms with Crippen LogP contribution in [0.15, 0.2) is 58.8 Å². The third-order valence-electron chi connectivity index (χ3n) is 7.17. The van der Waals surface area contributed by atoms with Crippen molar-refractivity contribution >= 4 is 35.2 Å². The number of aryl methyl sites for hydroxylation is 1. The van der Waals surface area contributed by atoms with Gasteiger partial charge < -0.3 is 10.4 Å². The fraction of sp³-hybridized carbons (Fsp3) is 0.414. The van der Waals surface area contributed by atoms with E-state index in [2.05, 4.69) is 20.1 Å². The molecule has 0 aromatic heterocycles. The Hall–Kier alpha value is -3.00. The topological polar surface area (TPSA) is 85.2 Å². The van der Waals surface area contributed by atoms with E-state index in [-0.39, 0.29) is 23.4 Å².